The van der Waals surface area contributed by atoms with Crippen molar-refractivity contribution in [3.63, 3.8) is 0 Å². The number of anilines is 1. The molecule has 2 bridgehead atoms. The van der Waals surface area contributed by atoms with Crippen molar-refractivity contribution < 1.29 is 13.9 Å². The van der Waals surface area contributed by atoms with Crippen molar-refractivity contribution in [2.45, 2.75) is 36.9 Å². The third-order valence-electron chi connectivity index (χ3n) is 5.14. The minimum absolute atomic E-state index is 0.391. The lowest BCUT2D eigenvalue weighted by Crippen LogP contribution is -2.61. The van der Waals surface area contributed by atoms with Gasteiger partial charge in [0.1, 0.15) is 5.82 Å². The summed E-state index contributed by atoms with van der Waals surface area (Å²) < 4.78 is 21.7. The van der Waals surface area contributed by atoms with E-state index in [2.05, 4.69) is 22.1 Å². The summed E-state index contributed by atoms with van der Waals surface area (Å²) >= 11 is 1.30. The molecule has 2 unspecified atom stereocenters. The molecule has 2 N–H and O–H groups in total. The quantitative estimate of drug-likeness (QED) is 0.776. The Morgan fingerprint density at radius 3 is 2.88 bits per heavy atom. The second kappa shape index (κ2) is 4.63. The van der Waals surface area contributed by atoms with Gasteiger partial charge in [-0.25, -0.2) is 14.7 Å². The van der Waals surface area contributed by atoms with Crippen LogP contribution in [-0.2, 0) is 10.2 Å². The molecule has 4 aliphatic rings. The van der Waals surface area contributed by atoms with E-state index in [4.69, 9.17) is 4.74 Å². The lowest BCUT2D eigenvalue weighted by Gasteiger charge is -2.30. The van der Waals surface area contributed by atoms with Crippen LogP contribution in [-0.4, -0.2) is 27.4 Å². The minimum atomic E-state index is -1.08. The number of hydrogen-bond donors (Lipinski definition) is 2. The molecule has 1 saturated carbocycles. The highest BCUT2D eigenvalue weighted by molar-refractivity contribution is 8.12. The molecule has 1 amide bonds. The number of amides is 1. The van der Waals surface area contributed by atoms with Crippen LogP contribution in [0.3, 0.4) is 0 Å². The molecule has 1 spiro atoms. The van der Waals surface area contributed by atoms with Gasteiger partial charge in [0, 0.05) is 17.5 Å². The summed E-state index contributed by atoms with van der Waals surface area (Å²) in [5.74, 6) is -0.476. The standard InChI is InChI=1S/C15H13FN6O2S/c1-8-15(12-18-20-22(19-15)25-12)24-13(23)21(8)9-2-3-10(11(16)6-9)14(7-17)4-5-14/h2-3,6,8,19-20H,4-5H2,1H3/t8?,15-/m0/s1. The summed E-state index contributed by atoms with van der Waals surface area (Å²) in [6, 6.07) is 6.30. The highest BCUT2D eigenvalue weighted by Gasteiger charge is 2.63. The summed E-state index contributed by atoms with van der Waals surface area (Å²) in [5, 5.41) is 14.0. The first-order chi connectivity index (χ1) is 12.0. The molecule has 0 radical (unpaired) electrons. The van der Waals surface area contributed by atoms with Gasteiger partial charge in [-0.2, -0.15) is 15.8 Å². The molecule has 128 valence electrons. The molecule has 1 aromatic carbocycles. The van der Waals surface area contributed by atoms with Crippen molar-refractivity contribution in [2.75, 3.05) is 4.90 Å². The van der Waals surface area contributed by atoms with E-state index in [-0.39, 0.29) is 0 Å². The number of carbonyl (C=O) groups excluding carboxylic acids is 1. The fraction of sp³-hybridized carbons (Fsp3) is 0.400. The Kier molecular flexibility index (Phi) is 2.77. The van der Waals surface area contributed by atoms with Crippen molar-refractivity contribution in [1.82, 2.24) is 15.5 Å². The molecule has 10 heteroatoms. The van der Waals surface area contributed by atoms with Gasteiger partial charge >= 0.3 is 6.09 Å². The van der Waals surface area contributed by atoms with Crippen LogP contribution in [0.25, 0.3) is 0 Å². The topological polar surface area (TPSA) is 93.0 Å². The Morgan fingerprint density at radius 1 is 1.52 bits per heavy atom. The number of hydrogen-bond acceptors (Lipinski definition) is 8. The maximum absolute atomic E-state index is 14.6. The maximum atomic E-state index is 14.6. The van der Waals surface area contributed by atoms with E-state index in [0.29, 0.717) is 29.1 Å². The number of ether oxygens (including phenoxy) is 1. The van der Waals surface area contributed by atoms with Crippen LogP contribution in [0.5, 0.6) is 0 Å². The molecule has 5 rings (SSSR count). The third-order valence-corrected chi connectivity index (χ3v) is 6.06. The Labute approximate surface area is 146 Å². The first-order valence-corrected chi connectivity index (χ1v) is 8.60. The van der Waals surface area contributed by atoms with Crippen LogP contribution in [0.2, 0.25) is 0 Å². The summed E-state index contributed by atoms with van der Waals surface area (Å²) in [4.78, 5) is 13.9. The van der Waals surface area contributed by atoms with E-state index in [1.165, 1.54) is 22.9 Å². The van der Waals surface area contributed by atoms with Crippen LogP contribution in [0, 0.1) is 17.1 Å². The third kappa shape index (κ3) is 1.83. The van der Waals surface area contributed by atoms with Crippen molar-refractivity contribution in [1.29, 1.82) is 5.26 Å². The second-order valence-electron chi connectivity index (χ2n) is 6.52. The Bertz CT molecular complexity index is 881. The summed E-state index contributed by atoms with van der Waals surface area (Å²) in [6.07, 6.45) is 0.745. The molecular formula is C15H13FN6O2S. The Balaban J connectivity index is 1.51. The van der Waals surface area contributed by atoms with Crippen molar-refractivity contribution in [3.05, 3.63) is 29.6 Å². The summed E-state index contributed by atoms with van der Waals surface area (Å²) in [6.45, 7) is 1.81. The van der Waals surface area contributed by atoms with Crippen LogP contribution in [0.1, 0.15) is 25.3 Å². The number of fused-ring (bicyclic) bond motifs is 3. The number of nitriles is 1. The largest absolute Gasteiger partial charge is 0.417 e. The van der Waals surface area contributed by atoms with Gasteiger partial charge in [-0.15, -0.1) is 0 Å². The predicted octanol–water partition coefficient (Wildman–Crippen LogP) is 1.72. The van der Waals surface area contributed by atoms with Gasteiger partial charge in [0.25, 0.3) is 5.72 Å². The van der Waals surface area contributed by atoms with Gasteiger partial charge in [0.15, 0.2) is 5.04 Å². The zero-order chi connectivity index (χ0) is 17.4. The van der Waals surface area contributed by atoms with Crippen molar-refractivity contribution in [3.8, 4) is 6.07 Å². The number of rotatable bonds is 2. The fourth-order valence-corrected chi connectivity index (χ4v) is 4.41. The van der Waals surface area contributed by atoms with Gasteiger partial charge in [0.05, 0.1) is 23.2 Å². The van der Waals surface area contributed by atoms with E-state index in [0.717, 1.165) is 0 Å². The highest BCUT2D eigenvalue weighted by atomic mass is 32.2. The number of hydrazone groups is 1. The van der Waals surface area contributed by atoms with E-state index in [9.17, 15) is 14.4 Å². The molecule has 3 heterocycles. The molecule has 0 aromatic heterocycles. The van der Waals surface area contributed by atoms with Gasteiger partial charge in [-0.1, -0.05) is 10.6 Å². The average molecular weight is 360 g/mol. The molecule has 3 fully saturated rings. The van der Waals surface area contributed by atoms with Crippen LogP contribution >= 0.6 is 11.9 Å². The lowest BCUT2D eigenvalue weighted by atomic mass is 9.96. The fourth-order valence-electron chi connectivity index (χ4n) is 3.50. The van der Waals surface area contributed by atoms with E-state index in [1.807, 2.05) is 6.92 Å². The van der Waals surface area contributed by atoms with Gasteiger partial charge in [-0.05, 0) is 31.9 Å². The van der Waals surface area contributed by atoms with E-state index < -0.39 is 29.1 Å². The van der Waals surface area contributed by atoms with E-state index in [1.54, 1.807) is 16.7 Å². The van der Waals surface area contributed by atoms with Crippen LogP contribution < -0.4 is 15.9 Å². The normalized spacial score (nSPS) is 33.9. The lowest BCUT2D eigenvalue weighted by molar-refractivity contribution is 0.0171. The predicted molar refractivity (Wildman–Crippen MR) is 87.2 cm³/mol. The number of nitrogens with one attached hydrogen (secondary N) is 2. The zero-order valence-corrected chi connectivity index (χ0v) is 13.9. The maximum Gasteiger partial charge on any atom is 0.416 e. The summed E-state index contributed by atoms with van der Waals surface area (Å²) in [5.41, 5.74) is 4.76. The Morgan fingerprint density at radius 2 is 2.32 bits per heavy atom. The molecule has 1 aromatic rings. The summed E-state index contributed by atoms with van der Waals surface area (Å²) in [7, 11) is 0. The number of benzene rings is 1. The SMILES string of the molecule is CC1N(c2ccc(C3(C#N)CC3)c(F)c2)C(=O)O[C@@]12NN1NN=C2S1. The van der Waals surface area contributed by atoms with Crippen LogP contribution in [0.4, 0.5) is 14.9 Å². The molecule has 3 atom stereocenters. The zero-order valence-electron chi connectivity index (χ0n) is 13.1. The minimum Gasteiger partial charge on any atom is -0.417 e. The molecule has 8 nitrogen and oxygen atoms in total. The number of hydrazine groups is 2. The van der Waals surface area contributed by atoms with Crippen molar-refractivity contribution >= 4 is 28.8 Å². The van der Waals surface area contributed by atoms with Crippen LogP contribution in [0.15, 0.2) is 23.3 Å². The number of carbonyl (C=O) groups is 1. The van der Waals surface area contributed by atoms with Crippen molar-refractivity contribution in [2.24, 2.45) is 5.10 Å². The Hall–Kier alpha value is -2.35. The van der Waals surface area contributed by atoms with Gasteiger partial charge < -0.3 is 4.74 Å². The monoisotopic (exact) mass is 360 g/mol. The van der Waals surface area contributed by atoms with Gasteiger partial charge in [-0.3, -0.25) is 4.90 Å². The molecule has 1 aliphatic carbocycles. The number of nitrogens with zero attached hydrogens (tertiary/aromatic N) is 4. The van der Waals surface area contributed by atoms with E-state index >= 15 is 0 Å². The molecular weight excluding hydrogens is 347 g/mol. The molecule has 3 aliphatic heterocycles. The number of halogens is 1. The molecule has 2 saturated heterocycles. The second-order valence-corrected chi connectivity index (χ2v) is 7.46. The molecule has 25 heavy (non-hydrogen) atoms. The van der Waals surface area contributed by atoms with Gasteiger partial charge in [0.2, 0.25) is 0 Å². The smallest absolute Gasteiger partial charge is 0.416 e. The first-order valence-electron chi connectivity index (χ1n) is 7.82. The average Bonchev–Trinajstić information content (AvgIpc) is 3.01. The highest BCUT2D eigenvalue weighted by Crippen LogP contribution is 2.49. The first kappa shape index (κ1) is 14.9.